The standard InChI is InChI=1S/C19H26N2O2S/c1-6-13(5)21-19(20)24-10-14-8-18(22)23-17-7-12(4)15(11(2)3)9-16(14)17/h7-9,11,13H,6,10H2,1-5H3,(H2,20,21)/t13-/m0/s1. The van der Waals surface area contributed by atoms with Gasteiger partial charge in [0.1, 0.15) is 5.58 Å². The number of rotatable bonds is 5. The van der Waals surface area contributed by atoms with Crippen molar-refractivity contribution in [2.45, 2.75) is 58.8 Å². The fourth-order valence-corrected chi connectivity index (χ4v) is 3.43. The van der Waals surface area contributed by atoms with Crippen molar-refractivity contribution in [2.75, 3.05) is 0 Å². The first-order valence-corrected chi connectivity index (χ1v) is 9.33. The van der Waals surface area contributed by atoms with E-state index in [-0.39, 0.29) is 11.7 Å². The summed E-state index contributed by atoms with van der Waals surface area (Å²) >= 11 is 1.46. The summed E-state index contributed by atoms with van der Waals surface area (Å²) in [6.45, 7) is 10.5. The number of thioether (sulfide) groups is 1. The van der Waals surface area contributed by atoms with Crippen LogP contribution in [0.4, 0.5) is 0 Å². The smallest absolute Gasteiger partial charge is 0.336 e. The topological polar surface area (TPSA) is 68.6 Å². The Bertz CT molecular complexity index is 809. The number of nitrogens with zero attached hydrogens (tertiary/aromatic N) is 1. The van der Waals surface area contributed by atoms with E-state index in [0.717, 1.165) is 22.9 Å². The van der Waals surface area contributed by atoms with E-state index in [0.29, 0.717) is 22.4 Å². The Balaban J connectivity index is 2.40. The molecule has 0 amide bonds. The van der Waals surface area contributed by atoms with Gasteiger partial charge in [-0.3, -0.25) is 4.99 Å². The molecule has 130 valence electrons. The minimum Gasteiger partial charge on any atom is -0.423 e. The third-order valence-electron chi connectivity index (χ3n) is 4.15. The first kappa shape index (κ1) is 18.6. The number of nitrogens with two attached hydrogens (primary N) is 1. The average molecular weight is 346 g/mol. The summed E-state index contributed by atoms with van der Waals surface area (Å²) in [7, 11) is 0. The quantitative estimate of drug-likeness (QED) is 0.489. The molecule has 0 fully saturated rings. The second kappa shape index (κ2) is 7.88. The van der Waals surface area contributed by atoms with E-state index in [1.54, 1.807) is 6.07 Å². The third-order valence-corrected chi connectivity index (χ3v) is 5.01. The molecular formula is C19H26N2O2S. The lowest BCUT2D eigenvalue weighted by Gasteiger charge is -2.13. The van der Waals surface area contributed by atoms with E-state index in [1.807, 2.05) is 19.9 Å². The Labute approximate surface area is 147 Å². The zero-order valence-electron chi connectivity index (χ0n) is 15.1. The highest BCUT2D eigenvalue weighted by atomic mass is 32.2. The van der Waals surface area contributed by atoms with Gasteiger partial charge >= 0.3 is 5.63 Å². The third kappa shape index (κ3) is 4.41. The molecule has 0 bridgehead atoms. The maximum absolute atomic E-state index is 11.9. The van der Waals surface area contributed by atoms with Crippen LogP contribution >= 0.6 is 11.8 Å². The fourth-order valence-electron chi connectivity index (χ4n) is 2.63. The van der Waals surface area contributed by atoms with Crippen molar-refractivity contribution < 1.29 is 4.42 Å². The molecule has 2 N–H and O–H groups in total. The maximum Gasteiger partial charge on any atom is 0.336 e. The van der Waals surface area contributed by atoms with Crippen LogP contribution in [0.25, 0.3) is 11.0 Å². The van der Waals surface area contributed by atoms with Gasteiger partial charge in [-0.15, -0.1) is 0 Å². The molecule has 0 saturated heterocycles. The molecule has 1 heterocycles. The molecule has 0 saturated carbocycles. The lowest BCUT2D eigenvalue weighted by molar-refractivity contribution is 0.559. The van der Waals surface area contributed by atoms with Crippen LogP contribution in [0.1, 0.15) is 56.7 Å². The van der Waals surface area contributed by atoms with Gasteiger partial charge in [0.2, 0.25) is 0 Å². The minimum atomic E-state index is -0.327. The van der Waals surface area contributed by atoms with Gasteiger partial charge in [-0.1, -0.05) is 32.5 Å². The van der Waals surface area contributed by atoms with Crippen molar-refractivity contribution in [3.05, 3.63) is 45.3 Å². The van der Waals surface area contributed by atoms with Gasteiger partial charge in [-0.25, -0.2) is 4.79 Å². The van der Waals surface area contributed by atoms with Crippen molar-refractivity contribution in [2.24, 2.45) is 10.7 Å². The molecule has 24 heavy (non-hydrogen) atoms. The van der Waals surface area contributed by atoms with E-state index in [1.165, 1.54) is 17.3 Å². The molecule has 2 aromatic rings. The van der Waals surface area contributed by atoms with E-state index in [9.17, 15) is 4.79 Å². The summed E-state index contributed by atoms with van der Waals surface area (Å²) in [5.41, 5.74) is 9.65. The molecule has 0 aliphatic heterocycles. The summed E-state index contributed by atoms with van der Waals surface area (Å²) in [6.07, 6.45) is 0.955. The molecule has 0 spiro atoms. The molecule has 1 atom stereocenters. The van der Waals surface area contributed by atoms with Crippen molar-refractivity contribution in [1.82, 2.24) is 0 Å². The van der Waals surface area contributed by atoms with E-state index in [4.69, 9.17) is 10.2 Å². The van der Waals surface area contributed by atoms with Crippen molar-refractivity contribution in [3.63, 3.8) is 0 Å². The van der Waals surface area contributed by atoms with Crippen LogP contribution in [0, 0.1) is 6.92 Å². The summed E-state index contributed by atoms with van der Waals surface area (Å²) in [5.74, 6) is 1.02. The predicted octanol–water partition coefficient (Wildman–Crippen LogP) is 4.57. The van der Waals surface area contributed by atoms with Gasteiger partial charge in [0.25, 0.3) is 0 Å². The van der Waals surface area contributed by atoms with Crippen LogP contribution in [0.2, 0.25) is 0 Å². The molecular weight excluding hydrogens is 320 g/mol. The number of aryl methyl sites for hydroxylation is 1. The van der Waals surface area contributed by atoms with Gasteiger partial charge in [0.05, 0.1) is 0 Å². The number of aliphatic imine (C=N–C) groups is 1. The Hall–Kier alpha value is -1.75. The molecule has 0 aliphatic carbocycles. The number of amidine groups is 1. The number of hydrogen-bond donors (Lipinski definition) is 1. The molecule has 1 aromatic carbocycles. The van der Waals surface area contributed by atoms with Crippen LogP contribution in [0.3, 0.4) is 0 Å². The Kier molecular flexibility index (Phi) is 6.10. The summed E-state index contributed by atoms with van der Waals surface area (Å²) in [5, 5.41) is 1.54. The fraction of sp³-hybridized carbons (Fsp3) is 0.474. The number of hydrogen-bond acceptors (Lipinski definition) is 4. The summed E-state index contributed by atoms with van der Waals surface area (Å²) in [4.78, 5) is 16.3. The van der Waals surface area contributed by atoms with Crippen molar-refractivity contribution >= 4 is 27.9 Å². The summed E-state index contributed by atoms with van der Waals surface area (Å²) in [6, 6.07) is 5.86. The van der Waals surface area contributed by atoms with E-state index < -0.39 is 0 Å². The van der Waals surface area contributed by atoms with Gasteiger partial charge in [-0.05, 0) is 55.0 Å². The molecule has 0 unspecified atom stereocenters. The van der Waals surface area contributed by atoms with Gasteiger partial charge < -0.3 is 10.2 Å². The highest BCUT2D eigenvalue weighted by Crippen LogP contribution is 2.28. The summed E-state index contributed by atoms with van der Waals surface area (Å²) < 4.78 is 5.38. The lowest BCUT2D eigenvalue weighted by Crippen LogP contribution is -2.11. The molecule has 2 rings (SSSR count). The second-order valence-electron chi connectivity index (χ2n) is 6.46. The van der Waals surface area contributed by atoms with E-state index in [2.05, 4.69) is 31.8 Å². The van der Waals surface area contributed by atoms with Crippen LogP contribution in [-0.2, 0) is 5.75 Å². The molecule has 4 nitrogen and oxygen atoms in total. The largest absolute Gasteiger partial charge is 0.423 e. The molecule has 0 aliphatic rings. The maximum atomic E-state index is 11.9. The Morgan fingerprint density at radius 1 is 1.29 bits per heavy atom. The molecule has 5 heteroatoms. The van der Waals surface area contributed by atoms with Crippen LogP contribution < -0.4 is 11.4 Å². The molecule has 1 aromatic heterocycles. The van der Waals surface area contributed by atoms with Crippen LogP contribution in [0.5, 0.6) is 0 Å². The van der Waals surface area contributed by atoms with E-state index >= 15 is 0 Å². The first-order valence-electron chi connectivity index (χ1n) is 8.35. The van der Waals surface area contributed by atoms with Gasteiger partial charge in [0.15, 0.2) is 5.17 Å². The molecule has 0 radical (unpaired) electrons. The monoisotopic (exact) mass is 346 g/mol. The lowest BCUT2D eigenvalue weighted by atomic mass is 9.95. The van der Waals surface area contributed by atoms with Crippen LogP contribution in [-0.4, -0.2) is 11.2 Å². The number of fused-ring (bicyclic) bond motifs is 1. The second-order valence-corrected chi connectivity index (χ2v) is 7.46. The number of benzene rings is 1. The highest BCUT2D eigenvalue weighted by Gasteiger charge is 2.12. The van der Waals surface area contributed by atoms with Gasteiger partial charge in [0, 0.05) is 23.2 Å². The zero-order chi connectivity index (χ0) is 17.9. The van der Waals surface area contributed by atoms with Crippen molar-refractivity contribution in [3.8, 4) is 0 Å². The Morgan fingerprint density at radius 3 is 2.62 bits per heavy atom. The van der Waals surface area contributed by atoms with Crippen molar-refractivity contribution in [1.29, 1.82) is 0 Å². The normalized spacial score (nSPS) is 13.7. The Morgan fingerprint density at radius 2 is 2.00 bits per heavy atom. The SMILES string of the molecule is CC[C@H](C)N=C(N)SCc1cc(=O)oc2cc(C)c(C(C)C)cc12. The van der Waals surface area contributed by atoms with Crippen LogP contribution in [0.15, 0.2) is 32.4 Å². The highest BCUT2D eigenvalue weighted by molar-refractivity contribution is 8.13. The average Bonchev–Trinajstić information content (AvgIpc) is 2.51. The predicted molar refractivity (Wildman–Crippen MR) is 104 cm³/mol. The minimum absolute atomic E-state index is 0.213. The zero-order valence-corrected chi connectivity index (χ0v) is 15.9. The first-order chi connectivity index (χ1) is 11.3. The van der Waals surface area contributed by atoms with Gasteiger partial charge in [-0.2, -0.15) is 0 Å².